The van der Waals surface area contributed by atoms with Gasteiger partial charge in [0.05, 0.1) is 12.8 Å². The van der Waals surface area contributed by atoms with Crippen molar-refractivity contribution < 1.29 is 31.4 Å². The summed E-state index contributed by atoms with van der Waals surface area (Å²) in [6, 6.07) is 2.71. The molecule has 0 bridgehead atoms. The molecule has 3 aromatic rings. The van der Waals surface area contributed by atoms with E-state index in [2.05, 4.69) is 9.97 Å². The average molecular weight is 487 g/mol. The highest BCUT2D eigenvalue weighted by molar-refractivity contribution is 5.73. The number of alkyl halides is 3. The van der Waals surface area contributed by atoms with Crippen LogP contribution < -0.4 is 21.4 Å². The van der Waals surface area contributed by atoms with E-state index in [9.17, 15) is 36.3 Å². The van der Waals surface area contributed by atoms with Crippen molar-refractivity contribution >= 4 is 11.0 Å². The van der Waals surface area contributed by atoms with E-state index in [1.165, 1.54) is 6.92 Å². The van der Waals surface area contributed by atoms with Gasteiger partial charge in [0.1, 0.15) is 17.1 Å². The maximum atomic E-state index is 14.5. The first-order valence-corrected chi connectivity index (χ1v) is 9.96. The van der Waals surface area contributed by atoms with Crippen molar-refractivity contribution in [3.63, 3.8) is 0 Å². The molecule has 1 fully saturated rings. The first kappa shape index (κ1) is 23.7. The van der Waals surface area contributed by atoms with E-state index in [1.54, 1.807) is 0 Å². The second-order valence-corrected chi connectivity index (χ2v) is 8.19. The molecular weight excluding hydrogens is 469 g/mol. The SMILES string of the molecule is COc1c([C@H]2[C@H](c3cc(=O)c4c(=O)[nH]c(=O)[nH]c4[nH]3)O[C@@](C)(C(F)(F)F)[C@H]2C)ccc(F)c1F. The molecule has 0 spiro atoms. The van der Waals surface area contributed by atoms with E-state index >= 15 is 0 Å². The molecule has 1 aliphatic rings. The molecular formula is C21H18F5N3O5. The largest absolute Gasteiger partial charge is 0.493 e. The van der Waals surface area contributed by atoms with Gasteiger partial charge in [-0.15, -0.1) is 0 Å². The van der Waals surface area contributed by atoms with Gasteiger partial charge < -0.3 is 14.5 Å². The number of hydrogen-bond acceptors (Lipinski definition) is 5. The molecule has 34 heavy (non-hydrogen) atoms. The molecule has 0 amide bonds. The molecule has 0 aliphatic carbocycles. The third-order valence-corrected chi connectivity index (χ3v) is 6.36. The molecule has 8 nitrogen and oxygen atoms in total. The van der Waals surface area contributed by atoms with Crippen LogP contribution in [-0.2, 0) is 4.74 Å². The first-order valence-electron chi connectivity index (χ1n) is 9.96. The van der Waals surface area contributed by atoms with Gasteiger partial charge >= 0.3 is 11.9 Å². The fourth-order valence-corrected chi connectivity index (χ4v) is 4.44. The Kier molecular flexibility index (Phi) is 5.42. The van der Waals surface area contributed by atoms with Gasteiger partial charge in [0.25, 0.3) is 5.56 Å². The summed E-state index contributed by atoms with van der Waals surface area (Å²) < 4.78 is 81.0. The van der Waals surface area contributed by atoms with Gasteiger partial charge in [-0.3, -0.25) is 19.6 Å². The summed E-state index contributed by atoms with van der Waals surface area (Å²) in [6.45, 7) is 2.04. The van der Waals surface area contributed by atoms with Crippen LogP contribution in [0.15, 0.2) is 32.6 Å². The standard InChI is InChI=1S/C21H18F5N3O5/c1-7-12(8-4-5-9(22)14(23)15(8)33-3)16(34-20(7,2)21(24,25)26)10-6-11(30)13-17(27-10)28-19(32)29-18(13)31/h4-7,12,16H,1-3H3,(H3,27,28,29,30,31,32)/t7-,12-,16-,20+/m0/s1. The molecule has 0 saturated carbocycles. The summed E-state index contributed by atoms with van der Waals surface area (Å²) in [4.78, 5) is 43.0. The lowest BCUT2D eigenvalue weighted by atomic mass is 9.76. The van der Waals surface area contributed by atoms with Crippen molar-refractivity contribution in [2.75, 3.05) is 7.11 Å². The van der Waals surface area contributed by atoms with Gasteiger partial charge in [-0.1, -0.05) is 13.0 Å². The maximum Gasteiger partial charge on any atom is 0.417 e. The predicted molar refractivity (Wildman–Crippen MR) is 109 cm³/mol. The van der Waals surface area contributed by atoms with Crippen molar-refractivity contribution in [3.05, 3.63) is 72.2 Å². The second-order valence-electron chi connectivity index (χ2n) is 8.19. The Morgan fingerprint density at radius 2 is 1.76 bits per heavy atom. The van der Waals surface area contributed by atoms with Crippen molar-refractivity contribution in [2.24, 2.45) is 5.92 Å². The minimum Gasteiger partial charge on any atom is -0.493 e. The van der Waals surface area contributed by atoms with Crippen LogP contribution in [0.25, 0.3) is 11.0 Å². The topological polar surface area (TPSA) is 117 Å². The third kappa shape index (κ3) is 3.42. The molecule has 0 unspecified atom stereocenters. The number of nitrogens with one attached hydrogen (secondary N) is 3. The molecule has 1 aromatic carbocycles. The highest BCUT2D eigenvalue weighted by Gasteiger charge is 2.65. The lowest BCUT2D eigenvalue weighted by Gasteiger charge is -2.32. The number of rotatable bonds is 3. The molecule has 1 saturated heterocycles. The molecule has 2 aromatic heterocycles. The zero-order valence-electron chi connectivity index (χ0n) is 17.9. The van der Waals surface area contributed by atoms with Gasteiger partial charge in [0.2, 0.25) is 5.82 Å². The van der Waals surface area contributed by atoms with Gasteiger partial charge in [0, 0.05) is 23.5 Å². The number of benzene rings is 1. The van der Waals surface area contributed by atoms with Crippen LogP contribution in [0.2, 0.25) is 0 Å². The Bertz CT molecular complexity index is 1460. The number of pyridine rings is 1. The Balaban J connectivity index is 2.00. The van der Waals surface area contributed by atoms with Crippen LogP contribution in [0.4, 0.5) is 22.0 Å². The monoisotopic (exact) mass is 487 g/mol. The molecule has 182 valence electrons. The second kappa shape index (κ2) is 7.79. The summed E-state index contributed by atoms with van der Waals surface area (Å²) in [5, 5.41) is -0.449. The number of H-pyrrole nitrogens is 3. The molecule has 4 rings (SSSR count). The Labute approximate surface area is 186 Å². The number of fused-ring (bicyclic) bond motifs is 1. The quantitative estimate of drug-likeness (QED) is 0.491. The predicted octanol–water partition coefficient (Wildman–Crippen LogP) is 3.00. The summed E-state index contributed by atoms with van der Waals surface area (Å²) in [6.07, 6.45) is -6.42. The Hall–Kier alpha value is -3.48. The summed E-state index contributed by atoms with van der Waals surface area (Å²) in [5.74, 6) is -5.91. The van der Waals surface area contributed by atoms with E-state index < -0.39 is 69.2 Å². The van der Waals surface area contributed by atoms with Gasteiger partial charge in [-0.05, 0) is 13.0 Å². The Morgan fingerprint density at radius 1 is 1.09 bits per heavy atom. The highest BCUT2D eigenvalue weighted by Crippen LogP contribution is 2.59. The fraction of sp³-hybridized carbons (Fsp3) is 0.381. The summed E-state index contributed by atoms with van der Waals surface area (Å²) in [7, 11) is 1.04. The molecule has 1 aliphatic heterocycles. The average Bonchev–Trinajstić information content (AvgIpc) is 3.01. The molecule has 3 heterocycles. The van der Waals surface area contributed by atoms with Crippen molar-refractivity contribution in [2.45, 2.75) is 37.6 Å². The van der Waals surface area contributed by atoms with Crippen molar-refractivity contribution in [1.29, 1.82) is 0 Å². The zero-order valence-corrected chi connectivity index (χ0v) is 17.9. The first-order chi connectivity index (χ1) is 15.8. The number of ether oxygens (including phenoxy) is 2. The summed E-state index contributed by atoms with van der Waals surface area (Å²) >= 11 is 0. The van der Waals surface area contributed by atoms with E-state index in [1.807, 2.05) is 4.98 Å². The van der Waals surface area contributed by atoms with Crippen LogP contribution in [0.5, 0.6) is 5.75 Å². The number of halogens is 5. The normalized spacial score (nSPS) is 25.1. The van der Waals surface area contributed by atoms with Crippen LogP contribution in [0.1, 0.15) is 37.1 Å². The van der Waals surface area contributed by atoms with Crippen LogP contribution in [0.3, 0.4) is 0 Å². The number of hydrogen-bond donors (Lipinski definition) is 3. The number of methoxy groups -OCH3 is 1. The van der Waals surface area contributed by atoms with Gasteiger partial charge in [-0.2, -0.15) is 17.6 Å². The summed E-state index contributed by atoms with van der Waals surface area (Å²) in [5.41, 5.74) is -6.26. The van der Waals surface area contributed by atoms with Gasteiger partial charge in [0.15, 0.2) is 22.6 Å². The van der Waals surface area contributed by atoms with E-state index in [0.29, 0.717) is 0 Å². The molecule has 0 radical (unpaired) electrons. The minimum atomic E-state index is -4.88. The van der Waals surface area contributed by atoms with Crippen LogP contribution in [-0.4, -0.2) is 33.8 Å². The zero-order chi connectivity index (χ0) is 25.2. The Morgan fingerprint density at radius 3 is 2.38 bits per heavy atom. The fourth-order valence-electron chi connectivity index (χ4n) is 4.44. The molecule has 4 atom stereocenters. The van der Waals surface area contributed by atoms with E-state index in [0.717, 1.165) is 32.2 Å². The lowest BCUT2D eigenvalue weighted by Crippen LogP contribution is -2.46. The molecule has 3 N–H and O–H groups in total. The van der Waals surface area contributed by atoms with Crippen molar-refractivity contribution in [3.8, 4) is 5.75 Å². The van der Waals surface area contributed by atoms with Crippen molar-refractivity contribution in [1.82, 2.24) is 15.0 Å². The van der Waals surface area contributed by atoms with E-state index in [-0.39, 0.29) is 16.9 Å². The van der Waals surface area contributed by atoms with Crippen LogP contribution >= 0.6 is 0 Å². The third-order valence-electron chi connectivity index (χ3n) is 6.36. The van der Waals surface area contributed by atoms with Gasteiger partial charge in [-0.25, -0.2) is 9.18 Å². The molecule has 13 heteroatoms. The smallest absolute Gasteiger partial charge is 0.417 e. The van der Waals surface area contributed by atoms with E-state index in [4.69, 9.17) is 9.47 Å². The minimum absolute atomic E-state index is 0.118. The highest BCUT2D eigenvalue weighted by atomic mass is 19.4. The maximum absolute atomic E-state index is 14.5. The number of aromatic nitrogens is 3. The lowest BCUT2D eigenvalue weighted by molar-refractivity contribution is -0.275. The number of aromatic amines is 3. The van der Waals surface area contributed by atoms with Crippen LogP contribution in [0, 0.1) is 17.6 Å².